The molecule has 6 nitrogen and oxygen atoms in total. The lowest BCUT2D eigenvalue weighted by molar-refractivity contribution is -0.119. The molecule has 0 atom stereocenters. The molecule has 0 unspecified atom stereocenters. The third kappa shape index (κ3) is 2.49. The summed E-state index contributed by atoms with van der Waals surface area (Å²) in [7, 11) is 0. The highest BCUT2D eigenvalue weighted by atomic mass is 16.5. The molecule has 0 radical (unpaired) electrons. The van der Waals surface area contributed by atoms with Crippen LogP contribution in [0.2, 0.25) is 0 Å². The number of anilines is 1. The van der Waals surface area contributed by atoms with Crippen molar-refractivity contribution in [2.75, 3.05) is 18.1 Å². The number of ether oxygens (including phenoxy) is 1. The average Bonchev–Trinajstić information content (AvgIpc) is 2.97. The van der Waals surface area contributed by atoms with Crippen LogP contribution in [0.4, 0.5) is 5.69 Å². The van der Waals surface area contributed by atoms with E-state index >= 15 is 0 Å². The van der Waals surface area contributed by atoms with Crippen molar-refractivity contribution in [3.8, 4) is 5.88 Å². The molecule has 104 valence electrons. The van der Waals surface area contributed by atoms with E-state index in [0.717, 1.165) is 11.4 Å². The first-order valence-corrected chi connectivity index (χ1v) is 6.62. The number of rotatable bonds is 3. The zero-order valence-electron chi connectivity index (χ0n) is 11.3. The van der Waals surface area contributed by atoms with Crippen molar-refractivity contribution in [2.24, 2.45) is 0 Å². The molecule has 0 aromatic carbocycles. The van der Waals surface area contributed by atoms with Gasteiger partial charge < -0.3 is 9.64 Å². The van der Waals surface area contributed by atoms with Crippen LogP contribution in [0.1, 0.15) is 12.1 Å². The molecule has 20 heavy (non-hydrogen) atoms. The molecule has 2 aromatic rings. The quantitative estimate of drug-likeness (QED) is 0.847. The summed E-state index contributed by atoms with van der Waals surface area (Å²) in [6, 6.07) is 5.63. The Morgan fingerprint density at radius 1 is 1.45 bits per heavy atom. The summed E-state index contributed by atoms with van der Waals surface area (Å²) in [5.74, 6) is 0.611. The van der Waals surface area contributed by atoms with Crippen LogP contribution in [0.5, 0.6) is 5.88 Å². The van der Waals surface area contributed by atoms with Crippen molar-refractivity contribution in [3.05, 3.63) is 36.3 Å². The van der Waals surface area contributed by atoms with Gasteiger partial charge in [0.2, 0.25) is 11.8 Å². The van der Waals surface area contributed by atoms with Gasteiger partial charge in [0.25, 0.3) is 0 Å². The number of hydrogen-bond donors (Lipinski definition) is 0. The van der Waals surface area contributed by atoms with E-state index in [-0.39, 0.29) is 5.91 Å². The fourth-order valence-corrected chi connectivity index (χ4v) is 2.23. The summed E-state index contributed by atoms with van der Waals surface area (Å²) in [5, 5.41) is 4.10. The van der Waals surface area contributed by atoms with Gasteiger partial charge in [-0.05, 0) is 25.1 Å². The molecule has 0 spiro atoms. The fraction of sp³-hybridized carbons (Fsp3) is 0.357. The summed E-state index contributed by atoms with van der Waals surface area (Å²) >= 11 is 0. The van der Waals surface area contributed by atoms with Gasteiger partial charge in [-0.1, -0.05) is 0 Å². The zero-order valence-corrected chi connectivity index (χ0v) is 11.3. The highest BCUT2D eigenvalue weighted by Gasteiger charge is 2.24. The van der Waals surface area contributed by atoms with Crippen LogP contribution in [-0.4, -0.2) is 33.8 Å². The first kappa shape index (κ1) is 12.7. The Kier molecular flexibility index (Phi) is 3.37. The average molecular weight is 272 g/mol. The maximum absolute atomic E-state index is 12.3. The van der Waals surface area contributed by atoms with Gasteiger partial charge in [0.05, 0.1) is 6.54 Å². The van der Waals surface area contributed by atoms with Crippen LogP contribution in [0.25, 0.3) is 0 Å². The minimum atomic E-state index is 0.0655. The highest BCUT2D eigenvalue weighted by molar-refractivity contribution is 5.94. The fourth-order valence-electron chi connectivity index (χ4n) is 2.23. The molecule has 6 heteroatoms. The van der Waals surface area contributed by atoms with Crippen LogP contribution in [0, 0.1) is 6.92 Å². The van der Waals surface area contributed by atoms with E-state index in [1.54, 1.807) is 15.8 Å². The van der Waals surface area contributed by atoms with Gasteiger partial charge >= 0.3 is 0 Å². The molecule has 2 aromatic heterocycles. The van der Waals surface area contributed by atoms with Crippen LogP contribution < -0.4 is 9.64 Å². The molecule has 0 aliphatic carbocycles. The topological polar surface area (TPSA) is 60.2 Å². The molecular formula is C14H16N4O2. The molecule has 1 aliphatic heterocycles. The molecule has 0 fully saturated rings. The monoisotopic (exact) mass is 272 g/mol. The predicted octanol–water partition coefficient (Wildman–Crippen LogP) is 1.40. The molecule has 0 N–H and O–H groups in total. The van der Waals surface area contributed by atoms with E-state index in [9.17, 15) is 4.79 Å². The summed E-state index contributed by atoms with van der Waals surface area (Å²) < 4.78 is 7.27. The van der Waals surface area contributed by atoms with Gasteiger partial charge in [0.15, 0.2) is 0 Å². The third-order valence-electron chi connectivity index (χ3n) is 3.24. The van der Waals surface area contributed by atoms with Crippen molar-refractivity contribution >= 4 is 11.6 Å². The minimum absolute atomic E-state index is 0.0655. The number of fused-ring (bicyclic) bond motifs is 1. The van der Waals surface area contributed by atoms with Gasteiger partial charge in [0.1, 0.15) is 12.3 Å². The minimum Gasteiger partial charge on any atom is -0.474 e. The van der Waals surface area contributed by atoms with Crippen molar-refractivity contribution in [1.29, 1.82) is 0 Å². The Labute approximate surface area is 117 Å². The lowest BCUT2D eigenvalue weighted by atomic mass is 10.2. The van der Waals surface area contributed by atoms with Gasteiger partial charge in [0, 0.05) is 31.1 Å². The molecule has 1 aliphatic rings. The number of nitrogens with zero attached hydrogens (tertiary/aromatic N) is 4. The number of amides is 1. The Morgan fingerprint density at radius 2 is 2.35 bits per heavy atom. The molecule has 0 saturated carbocycles. The van der Waals surface area contributed by atoms with Crippen molar-refractivity contribution in [3.63, 3.8) is 0 Å². The predicted molar refractivity (Wildman–Crippen MR) is 73.7 cm³/mol. The Balaban J connectivity index is 1.73. The van der Waals surface area contributed by atoms with Gasteiger partial charge in [-0.2, -0.15) is 5.10 Å². The van der Waals surface area contributed by atoms with E-state index in [2.05, 4.69) is 10.1 Å². The molecule has 0 saturated heterocycles. The van der Waals surface area contributed by atoms with E-state index in [0.29, 0.717) is 32.0 Å². The Hall–Kier alpha value is -2.37. The lowest BCUT2D eigenvalue weighted by Crippen LogP contribution is -2.38. The Bertz CT molecular complexity index is 610. The standard InChI is InChI=1S/C14H16N4O2/c1-11-3-4-12-14(16-11)20-10-9-18(12)13(19)5-8-17-7-2-6-15-17/h2-4,6-7H,5,8-10H2,1H3. The number of pyridine rings is 1. The molecule has 1 amide bonds. The molecule has 0 bridgehead atoms. The number of carbonyl (C=O) groups is 1. The first-order chi connectivity index (χ1) is 9.74. The van der Waals surface area contributed by atoms with E-state index < -0.39 is 0 Å². The Morgan fingerprint density at radius 3 is 3.15 bits per heavy atom. The summed E-state index contributed by atoms with van der Waals surface area (Å²) in [6.45, 7) is 3.53. The second-order valence-corrected chi connectivity index (χ2v) is 4.69. The van der Waals surface area contributed by atoms with Crippen molar-refractivity contribution in [2.45, 2.75) is 19.9 Å². The zero-order chi connectivity index (χ0) is 13.9. The maximum Gasteiger partial charge on any atom is 0.238 e. The largest absolute Gasteiger partial charge is 0.474 e. The third-order valence-corrected chi connectivity index (χ3v) is 3.24. The number of aromatic nitrogens is 3. The normalized spacial score (nSPS) is 13.8. The second-order valence-electron chi connectivity index (χ2n) is 4.69. The summed E-state index contributed by atoms with van der Waals surface area (Å²) in [5.41, 5.74) is 1.64. The van der Waals surface area contributed by atoms with Crippen molar-refractivity contribution in [1.82, 2.24) is 14.8 Å². The maximum atomic E-state index is 12.3. The van der Waals surface area contributed by atoms with Crippen LogP contribution in [0.3, 0.4) is 0 Å². The SMILES string of the molecule is Cc1ccc2c(n1)OCCN2C(=O)CCn1cccn1. The number of carbonyl (C=O) groups excluding carboxylic acids is 1. The van der Waals surface area contributed by atoms with Crippen molar-refractivity contribution < 1.29 is 9.53 Å². The highest BCUT2D eigenvalue weighted by Crippen LogP contribution is 2.30. The van der Waals surface area contributed by atoms with E-state index in [4.69, 9.17) is 4.74 Å². The van der Waals surface area contributed by atoms with Crippen LogP contribution in [-0.2, 0) is 11.3 Å². The summed E-state index contributed by atoms with van der Waals surface area (Å²) in [6.07, 6.45) is 3.97. The van der Waals surface area contributed by atoms with Crippen LogP contribution in [0.15, 0.2) is 30.6 Å². The number of aryl methyl sites for hydroxylation is 2. The lowest BCUT2D eigenvalue weighted by Gasteiger charge is -2.28. The number of hydrogen-bond acceptors (Lipinski definition) is 4. The van der Waals surface area contributed by atoms with E-state index in [1.807, 2.05) is 31.3 Å². The van der Waals surface area contributed by atoms with Crippen LogP contribution >= 0.6 is 0 Å². The van der Waals surface area contributed by atoms with E-state index in [1.165, 1.54) is 0 Å². The molecular weight excluding hydrogens is 256 g/mol. The van der Waals surface area contributed by atoms with Gasteiger partial charge in [-0.15, -0.1) is 0 Å². The molecule has 3 rings (SSSR count). The first-order valence-electron chi connectivity index (χ1n) is 6.62. The van der Waals surface area contributed by atoms with Gasteiger partial charge in [-0.25, -0.2) is 4.98 Å². The summed E-state index contributed by atoms with van der Waals surface area (Å²) in [4.78, 5) is 18.4. The smallest absolute Gasteiger partial charge is 0.238 e. The second kappa shape index (κ2) is 5.32. The molecule has 3 heterocycles. The van der Waals surface area contributed by atoms with Gasteiger partial charge in [-0.3, -0.25) is 9.48 Å².